The summed E-state index contributed by atoms with van der Waals surface area (Å²) in [4.78, 5) is 23.1. The first-order valence-corrected chi connectivity index (χ1v) is 10.7. The SMILES string of the molecule is CN1C(=N)N[C@](C)(c2cccc(-c3cncnc3)c2)[C@H](c2ccc(C(C)(C)C)cc2)C1=O. The topological polar surface area (TPSA) is 82.0 Å². The summed E-state index contributed by atoms with van der Waals surface area (Å²) in [7, 11) is 1.64. The molecule has 164 valence electrons. The van der Waals surface area contributed by atoms with E-state index in [0.717, 1.165) is 22.3 Å². The minimum Gasteiger partial charge on any atom is -0.346 e. The van der Waals surface area contributed by atoms with Crippen LogP contribution in [0.15, 0.2) is 67.3 Å². The van der Waals surface area contributed by atoms with Gasteiger partial charge in [-0.15, -0.1) is 0 Å². The van der Waals surface area contributed by atoms with E-state index >= 15 is 0 Å². The highest BCUT2D eigenvalue weighted by Crippen LogP contribution is 2.42. The molecule has 4 rings (SSSR count). The van der Waals surface area contributed by atoms with Gasteiger partial charge in [-0.05, 0) is 40.7 Å². The van der Waals surface area contributed by atoms with Crippen LogP contribution in [-0.4, -0.2) is 33.8 Å². The fourth-order valence-corrected chi connectivity index (χ4v) is 4.31. The number of amides is 1. The van der Waals surface area contributed by atoms with Crippen LogP contribution in [0.4, 0.5) is 0 Å². The van der Waals surface area contributed by atoms with E-state index in [2.05, 4.69) is 48.2 Å². The molecule has 2 heterocycles. The molecule has 0 radical (unpaired) electrons. The minimum atomic E-state index is -0.796. The number of hydrogen-bond acceptors (Lipinski definition) is 4. The van der Waals surface area contributed by atoms with Gasteiger partial charge in [0, 0.05) is 25.0 Å². The molecule has 2 N–H and O–H groups in total. The molecule has 6 nitrogen and oxygen atoms in total. The van der Waals surface area contributed by atoms with Crippen molar-refractivity contribution in [2.45, 2.75) is 44.6 Å². The fourth-order valence-electron chi connectivity index (χ4n) is 4.31. The first-order valence-electron chi connectivity index (χ1n) is 10.7. The van der Waals surface area contributed by atoms with Crippen LogP contribution < -0.4 is 5.32 Å². The van der Waals surface area contributed by atoms with E-state index in [0.29, 0.717) is 0 Å². The van der Waals surface area contributed by atoms with Gasteiger partial charge < -0.3 is 5.32 Å². The maximum atomic E-state index is 13.5. The predicted molar refractivity (Wildman–Crippen MR) is 126 cm³/mol. The number of hydrogen-bond donors (Lipinski definition) is 2. The monoisotopic (exact) mass is 427 g/mol. The van der Waals surface area contributed by atoms with Gasteiger partial charge in [0.05, 0.1) is 11.5 Å². The summed E-state index contributed by atoms with van der Waals surface area (Å²) >= 11 is 0. The van der Waals surface area contributed by atoms with Gasteiger partial charge in [0.2, 0.25) is 5.91 Å². The second kappa shape index (κ2) is 7.86. The lowest BCUT2D eigenvalue weighted by Gasteiger charge is -2.46. The lowest BCUT2D eigenvalue weighted by Crippen LogP contribution is -2.62. The van der Waals surface area contributed by atoms with Crippen LogP contribution in [0.3, 0.4) is 0 Å². The predicted octanol–water partition coefficient (Wildman–Crippen LogP) is 4.44. The van der Waals surface area contributed by atoms with Crippen molar-refractivity contribution in [1.82, 2.24) is 20.2 Å². The molecule has 1 aromatic heterocycles. The second-order valence-electron chi connectivity index (χ2n) is 9.59. The zero-order valence-corrected chi connectivity index (χ0v) is 19.2. The van der Waals surface area contributed by atoms with Crippen molar-refractivity contribution in [1.29, 1.82) is 5.41 Å². The van der Waals surface area contributed by atoms with E-state index in [-0.39, 0.29) is 17.3 Å². The van der Waals surface area contributed by atoms with E-state index < -0.39 is 11.5 Å². The molecule has 32 heavy (non-hydrogen) atoms. The summed E-state index contributed by atoms with van der Waals surface area (Å²) in [6, 6.07) is 16.3. The van der Waals surface area contributed by atoms with Gasteiger partial charge in [0.25, 0.3) is 0 Å². The Morgan fingerprint density at radius 2 is 1.69 bits per heavy atom. The van der Waals surface area contributed by atoms with E-state index in [9.17, 15) is 4.79 Å². The highest BCUT2D eigenvalue weighted by Gasteiger charge is 2.48. The van der Waals surface area contributed by atoms with Crippen LogP contribution >= 0.6 is 0 Å². The summed E-state index contributed by atoms with van der Waals surface area (Å²) in [6.45, 7) is 8.52. The largest absolute Gasteiger partial charge is 0.346 e. The Labute approximate surface area is 189 Å². The average Bonchev–Trinajstić information content (AvgIpc) is 2.78. The van der Waals surface area contributed by atoms with Crippen LogP contribution in [0.25, 0.3) is 11.1 Å². The lowest BCUT2D eigenvalue weighted by molar-refractivity contribution is -0.131. The van der Waals surface area contributed by atoms with Gasteiger partial charge in [-0.3, -0.25) is 15.1 Å². The standard InChI is InChI=1S/C26H29N5O/c1-25(2,3)20-11-9-17(10-12-20)22-23(32)31(5)24(27)30-26(22,4)21-8-6-7-18(13-21)19-14-28-16-29-15-19/h6-16,22H,1-5H3,(H2,27,30)/t22-,26-/m1/s1. The molecule has 1 saturated heterocycles. The van der Waals surface area contributed by atoms with Gasteiger partial charge in [-0.25, -0.2) is 9.97 Å². The number of carbonyl (C=O) groups excluding carboxylic acids is 1. The normalized spacial score (nSPS) is 21.4. The van der Waals surface area contributed by atoms with Crippen molar-refractivity contribution >= 4 is 11.9 Å². The highest BCUT2D eigenvalue weighted by atomic mass is 16.2. The van der Waals surface area contributed by atoms with Gasteiger partial charge in [0.1, 0.15) is 6.33 Å². The molecule has 6 heteroatoms. The maximum absolute atomic E-state index is 13.5. The van der Waals surface area contributed by atoms with E-state index in [1.54, 1.807) is 19.4 Å². The van der Waals surface area contributed by atoms with Gasteiger partial charge in [-0.2, -0.15) is 0 Å². The molecule has 0 bridgehead atoms. The number of nitrogens with one attached hydrogen (secondary N) is 2. The average molecular weight is 428 g/mol. The quantitative estimate of drug-likeness (QED) is 0.648. The number of benzene rings is 2. The smallest absolute Gasteiger partial charge is 0.239 e. The molecular weight excluding hydrogens is 398 g/mol. The molecule has 1 aliphatic heterocycles. The van der Waals surface area contributed by atoms with Gasteiger partial charge in [0.15, 0.2) is 5.96 Å². The first kappa shape index (κ1) is 21.7. The highest BCUT2D eigenvalue weighted by molar-refractivity contribution is 6.02. The third-order valence-corrected chi connectivity index (χ3v) is 6.33. The molecule has 1 amide bonds. The summed E-state index contributed by atoms with van der Waals surface area (Å²) in [5.41, 5.74) is 4.16. The number of guanidine groups is 1. The van der Waals surface area contributed by atoms with Crippen LogP contribution in [0.5, 0.6) is 0 Å². The van der Waals surface area contributed by atoms with Crippen molar-refractivity contribution in [3.05, 3.63) is 83.9 Å². The molecule has 0 saturated carbocycles. The van der Waals surface area contributed by atoms with Crippen LogP contribution in [-0.2, 0) is 15.7 Å². The van der Waals surface area contributed by atoms with Gasteiger partial charge >= 0.3 is 0 Å². The van der Waals surface area contributed by atoms with Crippen molar-refractivity contribution < 1.29 is 4.79 Å². The van der Waals surface area contributed by atoms with Crippen molar-refractivity contribution in [3.8, 4) is 11.1 Å². The van der Waals surface area contributed by atoms with Crippen LogP contribution in [0.2, 0.25) is 0 Å². The summed E-state index contributed by atoms with van der Waals surface area (Å²) in [5, 5.41) is 11.7. The Kier molecular flexibility index (Phi) is 5.33. The molecule has 2 atom stereocenters. The van der Waals surface area contributed by atoms with E-state index in [1.165, 1.54) is 16.8 Å². The molecule has 0 spiro atoms. The molecular formula is C26H29N5O. The zero-order chi connectivity index (χ0) is 23.1. The van der Waals surface area contributed by atoms with Crippen molar-refractivity contribution in [2.75, 3.05) is 7.05 Å². The lowest BCUT2D eigenvalue weighted by atomic mass is 9.72. The van der Waals surface area contributed by atoms with Crippen molar-refractivity contribution in [3.63, 3.8) is 0 Å². The molecule has 0 unspecified atom stereocenters. The second-order valence-corrected chi connectivity index (χ2v) is 9.59. The number of likely N-dealkylation sites (N-methyl/N-ethyl adjacent to an activating group) is 1. The van der Waals surface area contributed by atoms with Crippen LogP contribution in [0, 0.1) is 5.41 Å². The molecule has 1 aliphatic rings. The number of nitrogens with zero attached hydrogens (tertiary/aromatic N) is 3. The maximum Gasteiger partial charge on any atom is 0.239 e. The number of rotatable bonds is 3. The summed E-state index contributed by atoms with van der Waals surface area (Å²) < 4.78 is 0. The fraction of sp³-hybridized carbons (Fsp3) is 0.308. The zero-order valence-electron chi connectivity index (χ0n) is 19.2. The Morgan fingerprint density at radius 3 is 2.31 bits per heavy atom. The Balaban J connectivity index is 1.82. The molecule has 2 aromatic carbocycles. The molecule has 3 aromatic rings. The summed E-state index contributed by atoms with van der Waals surface area (Å²) in [6.07, 6.45) is 5.04. The molecule has 1 fully saturated rings. The van der Waals surface area contributed by atoms with Crippen LogP contribution in [0.1, 0.15) is 50.3 Å². The van der Waals surface area contributed by atoms with Gasteiger partial charge in [-0.1, -0.05) is 63.2 Å². The molecule has 0 aliphatic carbocycles. The van der Waals surface area contributed by atoms with Crippen molar-refractivity contribution in [2.24, 2.45) is 0 Å². The Bertz CT molecular complexity index is 1150. The third kappa shape index (κ3) is 3.77. The summed E-state index contributed by atoms with van der Waals surface area (Å²) in [5.74, 6) is -0.500. The Hall–Kier alpha value is -3.54. The number of carbonyl (C=O) groups is 1. The number of aromatic nitrogens is 2. The van der Waals surface area contributed by atoms with E-state index in [1.807, 2.05) is 43.3 Å². The minimum absolute atomic E-state index is 0.0294. The first-order chi connectivity index (χ1) is 15.1. The third-order valence-electron chi connectivity index (χ3n) is 6.33. The Morgan fingerprint density at radius 1 is 1.03 bits per heavy atom. The van der Waals surface area contributed by atoms with E-state index in [4.69, 9.17) is 5.41 Å².